The number of nitrogens with zero attached hydrogens (tertiary/aromatic N) is 1. The Bertz CT molecular complexity index is 379. The predicted molar refractivity (Wildman–Crippen MR) is 81.8 cm³/mol. The first-order valence-electron chi connectivity index (χ1n) is 7.09. The van der Waals surface area contributed by atoms with Crippen molar-refractivity contribution in [2.75, 3.05) is 33.8 Å². The topological polar surface area (TPSA) is 38.5 Å². The van der Waals surface area contributed by atoms with Crippen molar-refractivity contribution in [1.82, 2.24) is 4.90 Å². The van der Waals surface area contributed by atoms with E-state index in [-0.39, 0.29) is 0 Å². The van der Waals surface area contributed by atoms with Crippen molar-refractivity contribution in [1.29, 1.82) is 0 Å². The summed E-state index contributed by atoms with van der Waals surface area (Å²) in [5.41, 5.74) is 8.22. The quantitative estimate of drug-likeness (QED) is 0.784. The van der Waals surface area contributed by atoms with Gasteiger partial charge in [0, 0.05) is 6.54 Å². The third-order valence-electron chi connectivity index (χ3n) is 3.60. The Labute approximate surface area is 117 Å². The first kappa shape index (κ1) is 16.0. The number of ether oxygens (including phenoxy) is 1. The Hall–Kier alpha value is -1.06. The zero-order chi connectivity index (χ0) is 14.3. The number of nitrogens with two attached hydrogens (primary N) is 1. The number of methoxy groups -OCH3 is 1. The maximum atomic E-state index is 5.64. The Kier molecular flexibility index (Phi) is 6.89. The number of aryl methyl sites for hydroxylation is 1. The lowest BCUT2D eigenvalue weighted by molar-refractivity contribution is 0.308. The van der Waals surface area contributed by atoms with E-state index in [4.69, 9.17) is 10.5 Å². The van der Waals surface area contributed by atoms with Crippen molar-refractivity contribution in [2.45, 2.75) is 26.7 Å². The third-order valence-corrected chi connectivity index (χ3v) is 3.60. The van der Waals surface area contributed by atoms with Crippen LogP contribution >= 0.6 is 0 Å². The second-order valence-electron chi connectivity index (χ2n) is 5.50. The molecule has 1 unspecified atom stereocenters. The lowest BCUT2D eigenvalue weighted by Crippen LogP contribution is -2.25. The van der Waals surface area contributed by atoms with Crippen LogP contribution in [0.2, 0.25) is 0 Å². The minimum Gasteiger partial charge on any atom is -0.496 e. The lowest BCUT2D eigenvalue weighted by atomic mass is 10.1. The van der Waals surface area contributed by atoms with Crippen LogP contribution < -0.4 is 10.5 Å². The molecule has 1 rings (SSSR count). The van der Waals surface area contributed by atoms with Crippen LogP contribution in [-0.2, 0) is 6.42 Å². The van der Waals surface area contributed by atoms with Crippen LogP contribution in [0.25, 0.3) is 0 Å². The monoisotopic (exact) mass is 264 g/mol. The summed E-state index contributed by atoms with van der Waals surface area (Å²) in [6, 6.07) is 6.37. The predicted octanol–water partition coefficient (Wildman–Crippen LogP) is 2.46. The second-order valence-corrected chi connectivity index (χ2v) is 5.50. The first-order valence-corrected chi connectivity index (χ1v) is 7.09. The van der Waals surface area contributed by atoms with Crippen LogP contribution in [0.4, 0.5) is 0 Å². The van der Waals surface area contributed by atoms with Gasteiger partial charge in [-0.15, -0.1) is 0 Å². The molecular weight excluding hydrogens is 236 g/mol. The molecule has 1 aromatic rings. The van der Waals surface area contributed by atoms with Gasteiger partial charge in [0.15, 0.2) is 0 Å². The summed E-state index contributed by atoms with van der Waals surface area (Å²) >= 11 is 0. The van der Waals surface area contributed by atoms with Gasteiger partial charge in [0.05, 0.1) is 7.11 Å². The summed E-state index contributed by atoms with van der Waals surface area (Å²) in [6.07, 6.45) is 2.19. The van der Waals surface area contributed by atoms with Crippen LogP contribution in [0.15, 0.2) is 18.2 Å². The molecule has 19 heavy (non-hydrogen) atoms. The average Bonchev–Trinajstić information content (AvgIpc) is 2.42. The highest BCUT2D eigenvalue weighted by Crippen LogP contribution is 2.20. The number of rotatable bonds is 8. The highest BCUT2D eigenvalue weighted by atomic mass is 16.5. The van der Waals surface area contributed by atoms with Crippen molar-refractivity contribution in [3.8, 4) is 5.75 Å². The second kappa shape index (κ2) is 8.18. The van der Waals surface area contributed by atoms with Crippen LogP contribution in [-0.4, -0.2) is 38.7 Å². The molecule has 1 atom stereocenters. The van der Waals surface area contributed by atoms with E-state index in [0.717, 1.165) is 38.2 Å². The average molecular weight is 264 g/mol. The van der Waals surface area contributed by atoms with Crippen molar-refractivity contribution in [3.05, 3.63) is 29.3 Å². The maximum absolute atomic E-state index is 5.64. The molecule has 0 radical (unpaired) electrons. The van der Waals surface area contributed by atoms with Gasteiger partial charge < -0.3 is 15.4 Å². The van der Waals surface area contributed by atoms with Gasteiger partial charge in [-0.25, -0.2) is 0 Å². The maximum Gasteiger partial charge on any atom is 0.122 e. The van der Waals surface area contributed by atoms with Crippen LogP contribution in [0.1, 0.15) is 24.5 Å². The van der Waals surface area contributed by atoms with E-state index in [0.29, 0.717) is 5.92 Å². The van der Waals surface area contributed by atoms with Crippen molar-refractivity contribution in [2.24, 2.45) is 11.7 Å². The van der Waals surface area contributed by atoms with Gasteiger partial charge in [0.2, 0.25) is 0 Å². The van der Waals surface area contributed by atoms with Gasteiger partial charge >= 0.3 is 0 Å². The highest BCUT2D eigenvalue weighted by molar-refractivity contribution is 5.37. The van der Waals surface area contributed by atoms with E-state index in [1.165, 1.54) is 11.1 Å². The lowest BCUT2D eigenvalue weighted by Gasteiger charge is -2.19. The molecule has 0 heterocycles. The molecule has 0 bridgehead atoms. The molecule has 0 amide bonds. The fraction of sp³-hybridized carbons (Fsp3) is 0.625. The molecule has 0 saturated heterocycles. The van der Waals surface area contributed by atoms with E-state index in [1.54, 1.807) is 7.11 Å². The van der Waals surface area contributed by atoms with Gasteiger partial charge in [-0.3, -0.25) is 0 Å². The molecule has 0 aliphatic rings. The smallest absolute Gasteiger partial charge is 0.122 e. The SMILES string of the molecule is COc1ccc(C)cc1CCN(C)CCC(C)CN. The fourth-order valence-corrected chi connectivity index (χ4v) is 2.08. The Morgan fingerprint density at radius 2 is 2.05 bits per heavy atom. The van der Waals surface area contributed by atoms with Gasteiger partial charge in [0.1, 0.15) is 5.75 Å². The number of likely N-dealkylation sites (N-methyl/N-ethyl adjacent to an activating group) is 1. The van der Waals surface area contributed by atoms with Gasteiger partial charge in [-0.2, -0.15) is 0 Å². The largest absolute Gasteiger partial charge is 0.496 e. The Morgan fingerprint density at radius 3 is 2.68 bits per heavy atom. The summed E-state index contributed by atoms with van der Waals surface area (Å²) in [6.45, 7) is 7.26. The molecule has 2 N–H and O–H groups in total. The van der Waals surface area contributed by atoms with Gasteiger partial charge in [-0.05, 0) is 57.5 Å². The fourth-order valence-electron chi connectivity index (χ4n) is 2.08. The molecule has 0 aliphatic heterocycles. The Balaban J connectivity index is 2.45. The van der Waals surface area contributed by atoms with Crippen LogP contribution in [0.3, 0.4) is 0 Å². The van der Waals surface area contributed by atoms with Crippen molar-refractivity contribution < 1.29 is 4.74 Å². The normalized spacial score (nSPS) is 12.7. The molecule has 108 valence electrons. The zero-order valence-corrected chi connectivity index (χ0v) is 12.8. The first-order chi connectivity index (χ1) is 9.06. The molecule has 0 fully saturated rings. The minimum absolute atomic E-state index is 0.607. The van der Waals surface area contributed by atoms with Crippen molar-refractivity contribution in [3.63, 3.8) is 0 Å². The summed E-state index contributed by atoms with van der Waals surface area (Å²) in [5, 5.41) is 0. The molecule has 1 aromatic carbocycles. The number of hydrogen-bond donors (Lipinski definition) is 1. The van der Waals surface area contributed by atoms with Gasteiger partial charge in [-0.1, -0.05) is 24.6 Å². The van der Waals surface area contributed by atoms with E-state index < -0.39 is 0 Å². The molecule has 3 nitrogen and oxygen atoms in total. The van der Waals surface area contributed by atoms with Crippen LogP contribution in [0.5, 0.6) is 5.75 Å². The molecular formula is C16H28N2O. The minimum atomic E-state index is 0.607. The molecule has 0 spiro atoms. The van der Waals surface area contributed by atoms with Crippen molar-refractivity contribution >= 4 is 0 Å². The van der Waals surface area contributed by atoms with E-state index in [2.05, 4.69) is 44.0 Å². The van der Waals surface area contributed by atoms with E-state index in [1.807, 2.05) is 0 Å². The summed E-state index contributed by atoms with van der Waals surface area (Å²) in [4.78, 5) is 2.37. The summed E-state index contributed by atoms with van der Waals surface area (Å²) < 4.78 is 5.41. The number of hydrogen-bond acceptors (Lipinski definition) is 3. The standard InChI is InChI=1S/C16H28N2O/c1-13-5-6-16(19-4)15(11-13)8-10-18(3)9-7-14(2)12-17/h5-6,11,14H,7-10,12,17H2,1-4H3. The van der Waals surface area contributed by atoms with Gasteiger partial charge in [0.25, 0.3) is 0 Å². The Morgan fingerprint density at radius 1 is 1.32 bits per heavy atom. The molecule has 3 heteroatoms. The third kappa shape index (κ3) is 5.62. The summed E-state index contributed by atoms with van der Waals surface area (Å²) in [7, 11) is 3.91. The molecule has 0 saturated carbocycles. The van der Waals surface area contributed by atoms with E-state index in [9.17, 15) is 0 Å². The molecule has 0 aliphatic carbocycles. The van der Waals surface area contributed by atoms with Crippen LogP contribution in [0, 0.1) is 12.8 Å². The highest BCUT2D eigenvalue weighted by Gasteiger charge is 2.06. The van der Waals surface area contributed by atoms with E-state index >= 15 is 0 Å². The summed E-state index contributed by atoms with van der Waals surface area (Å²) in [5.74, 6) is 1.60. The zero-order valence-electron chi connectivity index (χ0n) is 12.8. The number of benzene rings is 1. The molecule has 0 aromatic heterocycles.